The molecule has 126 valence electrons. The van der Waals surface area contributed by atoms with Gasteiger partial charge >= 0.3 is 6.36 Å². The lowest BCUT2D eigenvalue weighted by molar-refractivity contribution is -0.274. The highest BCUT2D eigenvalue weighted by atomic mass is 35.5. The summed E-state index contributed by atoms with van der Waals surface area (Å²) in [6.07, 6.45) is -4.77. The Morgan fingerprint density at radius 3 is 2.64 bits per heavy atom. The molecule has 0 saturated carbocycles. The van der Waals surface area contributed by atoms with Crippen molar-refractivity contribution in [2.45, 2.75) is 6.36 Å². The van der Waals surface area contributed by atoms with Gasteiger partial charge in [0, 0.05) is 11.5 Å². The van der Waals surface area contributed by atoms with Crippen molar-refractivity contribution < 1.29 is 22.3 Å². The predicted octanol–water partition coefficient (Wildman–Crippen LogP) is 5.60. The first-order valence-corrected chi connectivity index (χ1v) is 7.49. The molecule has 0 bridgehead atoms. The van der Waals surface area contributed by atoms with Gasteiger partial charge in [-0.3, -0.25) is 0 Å². The summed E-state index contributed by atoms with van der Waals surface area (Å²) in [5.74, 6) is -0.185. The third-order valence-corrected chi connectivity index (χ3v) is 3.79. The number of oxazole rings is 1. The number of fused-ring (bicyclic) bond motifs is 2. The molecule has 0 atom stereocenters. The Balaban J connectivity index is 1.78. The summed E-state index contributed by atoms with van der Waals surface area (Å²) in [5.41, 5.74) is 1.57. The van der Waals surface area contributed by atoms with Crippen LogP contribution in [0.2, 0.25) is 5.02 Å². The number of rotatable bonds is 2. The number of ether oxygens (including phenoxy) is 1. The van der Waals surface area contributed by atoms with Crippen molar-refractivity contribution in [2.24, 2.45) is 0 Å². The van der Waals surface area contributed by atoms with E-state index >= 15 is 0 Å². The van der Waals surface area contributed by atoms with Gasteiger partial charge in [-0.05, 0) is 24.3 Å². The maximum absolute atomic E-state index is 12.3. The minimum atomic E-state index is -4.77. The second-order valence-electron chi connectivity index (χ2n) is 5.20. The van der Waals surface area contributed by atoms with Crippen LogP contribution in [0.25, 0.3) is 33.6 Å². The average Bonchev–Trinajstić information content (AvgIpc) is 2.97. The number of benzene rings is 2. The topological polar surface area (TPSA) is 48.2 Å². The predicted molar refractivity (Wildman–Crippen MR) is 86.4 cm³/mol. The van der Waals surface area contributed by atoms with Gasteiger partial charge < -0.3 is 9.15 Å². The van der Waals surface area contributed by atoms with Crippen LogP contribution < -0.4 is 4.74 Å². The van der Waals surface area contributed by atoms with Crippen LogP contribution in [0.3, 0.4) is 0 Å². The van der Waals surface area contributed by atoms with E-state index in [1.807, 2.05) is 18.2 Å². The highest BCUT2D eigenvalue weighted by Gasteiger charge is 2.31. The van der Waals surface area contributed by atoms with Crippen LogP contribution in [0.1, 0.15) is 0 Å². The normalized spacial score (nSPS) is 12.0. The molecule has 0 radical (unpaired) electrons. The molecule has 0 spiro atoms. The van der Waals surface area contributed by atoms with Crippen LogP contribution in [0.4, 0.5) is 13.2 Å². The molecule has 0 aliphatic carbocycles. The molecule has 4 rings (SSSR count). The summed E-state index contributed by atoms with van der Waals surface area (Å²) in [6.45, 7) is 0. The fourth-order valence-corrected chi connectivity index (χ4v) is 2.67. The summed E-state index contributed by atoms with van der Waals surface area (Å²) in [4.78, 5) is 8.61. The Hall–Kier alpha value is -2.80. The van der Waals surface area contributed by atoms with Crippen LogP contribution in [-0.2, 0) is 0 Å². The molecule has 8 heteroatoms. The average molecular weight is 365 g/mol. The van der Waals surface area contributed by atoms with Gasteiger partial charge in [-0.25, -0.2) is 9.97 Å². The maximum atomic E-state index is 12.3. The molecule has 4 aromatic rings. The number of aromatic nitrogens is 2. The van der Waals surface area contributed by atoms with Crippen LogP contribution in [-0.4, -0.2) is 16.3 Å². The first-order chi connectivity index (χ1) is 11.9. The van der Waals surface area contributed by atoms with Gasteiger partial charge in [-0.2, -0.15) is 0 Å². The molecule has 2 aromatic carbocycles. The zero-order chi connectivity index (χ0) is 17.6. The molecular weight excluding hydrogens is 357 g/mol. The zero-order valence-electron chi connectivity index (χ0n) is 12.3. The summed E-state index contributed by atoms with van der Waals surface area (Å²) < 4.78 is 46.4. The van der Waals surface area contributed by atoms with E-state index in [-0.39, 0.29) is 17.2 Å². The van der Waals surface area contributed by atoms with E-state index in [4.69, 9.17) is 16.0 Å². The molecule has 25 heavy (non-hydrogen) atoms. The fraction of sp³-hybridized carbons (Fsp3) is 0.0588. The van der Waals surface area contributed by atoms with E-state index in [1.165, 1.54) is 6.07 Å². The van der Waals surface area contributed by atoms with Crippen LogP contribution in [0.15, 0.2) is 52.9 Å². The molecule has 0 aliphatic rings. The highest BCUT2D eigenvalue weighted by molar-refractivity contribution is 6.35. The zero-order valence-corrected chi connectivity index (χ0v) is 13.1. The number of hydrogen-bond acceptors (Lipinski definition) is 4. The van der Waals surface area contributed by atoms with Crippen LogP contribution in [0, 0.1) is 0 Å². The Morgan fingerprint density at radius 1 is 1.00 bits per heavy atom. The summed E-state index contributed by atoms with van der Waals surface area (Å²) >= 11 is 6.14. The Bertz CT molecular complexity index is 1090. The lowest BCUT2D eigenvalue weighted by atomic mass is 10.2. The largest absolute Gasteiger partial charge is 0.573 e. The number of halogens is 4. The van der Waals surface area contributed by atoms with Gasteiger partial charge in [-0.1, -0.05) is 29.8 Å². The molecule has 2 aromatic heterocycles. The second kappa shape index (κ2) is 5.63. The van der Waals surface area contributed by atoms with Gasteiger partial charge in [0.2, 0.25) is 5.89 Å². The molecular formula is C17H8ClF3N2O2. The number of para-hydroxylation sites is 1. The van der Waals surface area contributed by atoms with Crippen LogP contribution in [0.5, 0.6) is 5.75 Å². The fourth-order valence-electron chi connectivity index (χ4n) is 2.44. The quantitative estimate of drug-likeness (QED) is 0.465. The van der Waals surface area contributed by atoms with E-state index in [1.54, 1.807) is 12.1 Å². The van der Waals surface area contributed by atoms with Crippen molar-refractivity contribution in [3.8, 4) is 17.3 Å². The second-order valence-corrected chi connectivity index (χ2v) is 5.61. The Morgan fingerprint density at radius 2 is 1.84 bits per heavy atom. The first-order valence-electron chi connectivity index (χ1n) is 7.11. The number of nitrogens with zero attached hydrogens (tertiary/aromatic N) is 2. The van der Waals surface area contributed by atoms with E-state index in [2.05, 4.69) is 14.7 Å². The highest BCUT2D eigenvalue weighted by Crippen LogP contribution is 2.30. The first kappa shape index (κ1) is 15.7. The van der Waals surface area contributed by atoms with Crippen molar-refractivity contribution in [1.82, 2.24) is 9.97 Å². The monoisotopic (exact) mass is 364 g/mol. The number of pyridine rings is 1. The molecule has 0 saturated heterocycles. The third-order valence-electron chi connectivity index (χ3n) is 3.48. The Labute approximate surface area is 143 Å². The third kappa shape index (κ3) is 3.10. The molecule has 0 fully saturated rings. The van der Waals surface area contributed by atoms with Gasteiger partial charge in [0.25, 0.3) is 0 Å². The maximum Gasteiger partial charge on any atom is 0.573 e. The SMILES string of the molecule is FC(F)(F)Oc1ccc2oc(-c3ccc4cccc(Cl)c4n3)nc2c1. The van der Waals surface area contributed by atoms with Gasteiger partial charge in [0.1, 0.15) is 17.0 Å². The van der Waals surface area contributed by atoms with E-state index in [0.717, 1.165) is 17.5 Å². The molecule has 4 nitrogen and oxygen atoms in total. The molecule has 2 heterocycles. The lowest BCUT2D eigenvalue weighted by Gasteiger charge is -2.07. The summed E-state index contributed by atoms with van der Waals surface area (Å²) in [6, 6.07) is 12.6. The lowest BCUT2D eigenvalue weighted by Crippen LogP contribution is -2.16. The van der Waals surface area contributed by atoms with Crippen molar-refractivity contribution in [3.63, 3.8) is 0 Å². The van der Waals surface area contributed by atoms with E-state index < -0.39 is 6.36 Å². The van der Waals surface area contributed by atoms with Crippen molar-refractivity contribution >= 4 is 33.6 Å². The number of hydrogen-bond donors (Lipinski definition) is 0. The summed E-state index contributed by atoms with van der Waals surface area (Å²) in [7, 11) is 0. The minimum Gasteiger partial charge on any atom is -0.435 e. The van der Waals surface area contributed by atoms with Gasteiger partial charge in [0.05, 0.1) is 10.5 Å². The Kier molecular flexibility index (Phi) is 3.54. The minimum absolute atomic E-state index is 0.181. The smallest absolute Gasteiger partial charge is 0.435 e. The van der Waals surface area contributed by atoms with Gasteiger partial charge in [-0.15, -0.1) is 13.2 Å². The van der Waals surface area contributed by atoms with E-state index in [9.17, 15) is 13.2 Å². The molecule has 0 unspecified atom stereocenters. The van der Waals surface area contributed by atoms with Crippen molar-refractivity contribution in [1.29, 1.82) is 0 Å². The molecule has 0 N–H and O–H groups in total. The van der Waals surface area contributed by atoms with Crippen molar-refractivity contribution in [3.05, 3.63) is 53.6 Å². The summed E-state index contributed by atoms with van der Waals surface area (Å²) in [5, 5.41) is 1.34. The van der Waals surface area contributed by atoms with Gasteiger partial charge in [0.15, 0.2) is 5.58 Å². The van der Waals surface area contributed by atoms with Crippen LogP contribution >= 0.6 is 11.6 Å². The molecule has 0 aliphatic heterocycles. The number of alkyl halides is 3. The molecule has 0 amide bonds. The van der Waals surface area contributed by atoms with Crippen molar-refractivity contribution in [2.75, 3.05) is 0 Å². The van der Waals surface area contributed by atoms with E-state index in [0.29, 0.717) is 21.8 Å². The standard InChI is InChI=1S/C17H8ClF3N2O2/c18-11-3-1-2-9-4-6-12(22-15(9)11)16-23-13-8-10(25-17(19,20)21)5-7-14(13)24-16/h1-8H.